The van der Waals surface area contributed by atoms with Gasteiger partial charge < -0.3 is 25.0 Å². The smallest absolute Gasteiger partial charge is 0.410 e. The van der Waals surface area contributed by atoms with Crippen LogP contribution in [0.3, 0.4) is 0 Å². The first-order valence-corrected chi connectivity index (χ1v) is 11.8. The van der Waals surface area contributed by atoms with E-state index in [9.17, 15) is 14.4 Å². The van der Waals surface area contributed by atoms with Gasteiger partial charge in [-0.15, -0.1) is 0 Å². The van der Waals surface area contributed by atoms with Crippen LogP contribution in [0.15, 0.2) is 0 Å². The van der Waals surface area contributed by atoms with E-state index in [4.69, 9.17) is 15.2 Å². The molecule has 2 saturated heterocycles. The fourth-order valence-corrected chi connectivity index (χ4v) is 7.32. The summed E-state index contributed by atoms with van der Waals surface area (Å²) < 4.78 is 11.6. The molecule has 4 bridgehead atoms. The summed E-state index contributed by atoms with van der Waals surface area (Å²) in [5, 5.41) is 0. The van der Waals surface area contributed by atoms with Gasteiger partial charge in [-0.1, -0.05) is 0 Å². The lowest BCUT2D eigenvalue weighted by Crippen LogP contribution is -2.59. The lowest BCUT2D eigenvalue weighted by molar-refractivity contribution is -0.161. The number of carbonyl (C=O) groups is 3. The minimum absolute atomic E-state index is 0.000897. The molecule has 2 aliphatic heterocycles. The van der Waals surface area contributed by atoms with Crippen LogP contribution < -0.4 is 5.73 Å². The first kappa shape index (κ1) is 20.9. The second-order valence-corrected chi connectivity index (χ2v) is 11.7. The van der Waals surface area contributed by atoms with E-state index >= 15 is 0 Å². The van der Waals surface area contributed by atoms with Gasteiger partial charge in [0, 0.05) is 25.6 Å². The highest BCUT2D eigenvalue weighted by Gasteiger charge is 2.59. The zero-order valence-electron chi connectivity index (χ0n) is 18.8. The molecule has 2 heterocycles. The molecule has 5 unspecified atom stereocenters. The van der Waals surface area contributed by atoms with Crippen molar-refractivity contribution in [1.82, 2.24) is 9.80 Å². The van der Waals surface area contributed by atoms with E-state index in [1.54, 1.807) is 9.80 Å². The maximum atomic E-state index is 13.1. The van der Waals surface area contributed by atoms with Gasteiger partial charge in [0.1, 0.15) is 11.7 Å². The van der Waals surface area contributed by atoms with Gasteiger partial charge >= 0.3 is 12.2 Å². The number of carbonyl (C=O) groups excluding carboxylic acids is 3. The second-order valence-electron chi connectivity index (χ2n) is 11.7. The van der Waals surface area contributed by atoms with Gasteiger partial charge in [-0.05, 0) is 77.0 Å². The Labute approximate surface area is 183 Å². The Morgan fingerprint density at radius 2 is 1.65 bits per heavy atom. The van der Waals surface area contributed by atoms with Gasteiger partial charge in [-0.2, -0.15) is 0 Å². The number of likely N-dealkylation sites (tertiary alicyclic amines) is 2. The van der Waals surface area contributed by atoms with Crippen LogP contribution in [0, 0.1) is 29.1 Å². The van der Waals surface area contributed by atoms with Crippen LogP contribution in [0.25, 0.3) is 0 Å². The van der Waals surface area contributed by atoms with Crippen molar-refractivity contribution in [3.8, 4) is 0 Å². The van der Waals surface area contributed by atoms with Crippen molar-refractivity contribution in [2.45, 2.75) is 77.0 Å². The maximum absolute atomic E-state index is 13.1. The Kier molecular flexibility index (Phi) is 4.72. The Morgan fingerprint density at radius 1 is 0.968 bits per heavy atom. The zero-order valence-corrected chi connectivity index (χ0v) is 18.8. The summed E-state index contributed by atoms with van der Waals surface area (Å²) in [5.74, 6) is 1.11. The Hall–Kier alpha value is -1.99. The average molecular weight is 434 g/mol. The molecule has 0 aromatic rings. The standard InChI is InChI=1S/C23H35N3O5/c1-22(2,3)31-21(29)26-5-4-14-11-25(12-17(14)26)20(28)30-18-15-6-13-7-16(18)10-23(8-13,9-15)19(24)27/h13-18H,4-12H2,1-3H3,(H2,24,27)/t13?,14?,15-,16?,17?,18?,23+/m1/s1. The van der Waals surface area contributed by atoms with E-state index < -0.39 is 5.60 Å². The summed E-state index contributed by atoms with van der Waals surface area (Å²) in [6, 6.07) is -0.000897. The number of rotatable bonds is 2. The first-order chi connectivity index (χ1) is 14.5. The molecular formula is C23H35N3O5. The number of hydrogen-bond donors (Lipinski definition) is 1. The molecule has 7 atom stereocenters. The number of nitrogens with two attached hydrogens (primary N) is 1. The molecule has 6 aliphatic rings. The monoisotopic (exact) mass is 433 g/mol. The number of primary amides is 1. The van der Waals surface area contributed by atoms with Crippen molar-refractivity contribution in [2.75, 3.05) is 19.6 Å². The Balaban J connectivity index is 1.21. The van der Waals surface area contributed by atoms with Crippen molar-refractivity contribution >= 4 is 18.1 Å². The highest BCUT2D eigenvalue weighted by atomic mass is 16.6. The molecule has 8 heteroatoms. The maximum Gasteiger partial charge on any atom is 0.410 e. The highest BCUT2D eigenvalue weighted by Crippen LogP contribution is 2.60. The van der Waals surface area contributed by atoms with E-state index in [-0.39, 0.29) is 53.4 Å². The van der Waals surface area contributed by atoms with Crippen LogP contribution in [0.1, 0.15) is 59.3 Å². The van der Waals surface area contributed by atoms with Crippen LogP contribution in [0.5, 0.6) is 0 Å². The summed E-state index contributed by atoms with van der Waals surface area (Å²) >= 11 is 0. The van der Waals surface area contributed by atoms with E-state index in [2.05, 4.69) is 0 Å². The molecule has 6 fully saturated rings. The molecule has 4 aliphatic carbocycles. The molecule has 0 aromatic carbocycles. The van der Waals surface area contributed by atoms with E-state index in [0.717, 1.165) is 38.5 Å². The van der Waals surface area contributed by atoms with E-state index in [1.807, 2.05) is 20.8 Å². The number of nitrogens with zero attached hydrogens (tertiary/aromatic N) is 2. The third-order valence-electron chi connectivity index (χ3n) is 8.38. The van der Waals surface area contributed by atoms with Gasteiger partial charge in [0.25, 0.3) is 0 Å². The third-order valence-corrected chi connectivity index (χ3v) is 8.38. The van der Waals surface area contributed by atoms with Gasteiger partial charge in [0.15, 0.2) is 0 Å². The molecule has 0 spiro atoms. The van der Waals surface area contributed by atoms with Crippen molar-refractivity contribution in [3.63, 3.8) is 0 Å². The summed E-state index contributed by atoms with van der Waals surface area (Å²) in [6.45, 7) is 7.40. The fraction of sp³-hybridized carbons (Fsp3) is 0.870. The molecule has 2 N–H and O–H groups in total. The van der Waals surface area contributed by atoms with Crippen molar-refractivity contribution in [1.29, 1.82) is 0 Å². The minimum atomic E-state index is -0.534. The minimum Gasteiger partial charge on any atom is -0.446 e. The average Bonchev–Trinajstić information content (AvgIpc) is 3.23. The molecular weight excluding hydrogens is 398 g/mol. The molecule has 6 rings (SSSR count). The lowest BCUT2D eigenvalue weighted by Gasteiger charge is -2.58. The fourth-order valence-electron chi connectivity index (χ4n) is 7.32. The lowest BCUT2D eigenvalue weighted by atomic mass is 9.48. The summed E-state index contributed by atoms with van der Waals surface area (Å²) in [5.41, 5.74) is 4.86. The molecule has 4 saturated carbocycles. The van der Waals surface area contributed by atoms with Crippen LogP contribution in [0.4, 0.5) is 9.59 Å². The molecule has 8 nitrogen and oxygen atoms in total. The van der Waals surface area contributed by atoms with E-state index in [1.165, 1.54) is 0 Å². The molecule has 172 valence electrons. The van der Waals surface area contributed by atoms with Crippen molar-refractivity contribution < 1.29 is 23.9 Å². The van der Waals surface area contributed by atoms with Gasteiger partial charge in [-0.25, -0.2) is 9.59 Å². The van der Waals surface area contributed by atoms with Crippen molar-refractivity contribution in [2.24, 2.45) is 34.8 Å². The van der Waals surface area contributed by atoms with Crippen LogP contribution in [-0.2, 0) is 14.3 Å². The molecule has 0 radical (unpaired) electrons. The summed E-state index contributed by atoms with van der Waals surface area (Å²) in [7, 11) is 0. The normalized spacial score (nSPS) is 40.7. The summed E-state index contributed by atoms with van der Waals surface area (Å²) in [4.78, 5) is 41.3. The number of fused-ring (bicyclic) bond motifs is 1. The van der Waals surface area contributed by atoms with Gasteiger partial charge in [0.05, 0.1) is 11.5 Å². The number of amides is 3. The largest absolute Gasteiger partial charge is 0.446 e. The predicted molar refractivity (Wildman–Crippen MR) is 112 cm³/mol. The SMILES string of the molecule is CC(C)(C)OC(=O)N1CCC2CN(C(=O)OC3C4CC5C[C@@H]3C[C@@](C(N)=O)(C5)C4)CC21. The van der Waals surface area contributed by atoms with Gasteiger partial charge in [-0.3, -0.25) is 4.79 Å². The highest BCUT2D eigenvalue weighted by molar-refractivity contribution is 5.81. The Morgan fingerprint density at radius 3 is 2.26 bits per heavy atom. The van der Waals surface area contributed by atoms with Gasteiger partial charge in [0.2, 0.25) is 5.91 Å². The molecule has 3 amide bonds. The Bertz CT molecular complexity index is 777. The van der Waals surface area contributed by atoms with Crippen LogP contribution in [0.2, 0.25) is 0 Å². The number of ether oxygens (including phenoxy) is 2. The third kappa shape index (κ3) is 3.55. The summed E-state index contributed by atoms with van der Waals surface area (Å²) in [6.07, 6.45) is 4.67. The van der Waals surface area contributed by atoms with Crippen LogP contribution >= 0.6 is 0 Å². The predicted octanol–water partition coefficient (Wildman–Crippen LogP) is 2.74. The second kappa shape index (κ2) is 7.01. The first-order valence-electron chi connectivity index (χ1n) is 11.8. The zero-order chi connectivity index (χ0) is 22.1. The van der Waals surface area contributed by atoms with Crippen LogP contribution in [-0.4, -0.2) is 65.3 Å². The molecule has 0 aromatic heterocycles. The van der Waals surface area contributed by atoms with Crippen molar-refractivity contribution in [3.05, 3.63) is 0 Å². The molecule has 31 heavy (non-hydrogen) atoms. The van der Waals surface area contributed by atoms with E-state index in [0.29, 0.717) is 25.6 Å². The number of hydrogen-bond acceptors (Lipinski definition) is 5. The topological polar surface area (TPSA) is 102 Å². The quantitative estimate of drug-likeness (QED) is 0.721.